The zero-order chi connectivity index (χ0) is 33.6. The fourth-order valence-electron chi connectivity index (χ4n) is 5.70. The van der Waals surface area contributed by atoms with Crippen LogP contribution in [0.15, 0.2) is 48.8 Å². The monoisotopic (exact) mass is 684 g/mol. The van der Waals surface area contributed by atoms with E-state index in [1.165, 1.54) is 7.11 Å². The number of benzene rings is 1. The highest BCUT2D eigenvalue weighted by Gasteiger charge is 2.29. The number of ether oxygens (including phenoxy) is 3. The average Bonchev–Trinajstić information content (AvgIpc) is 3.04. The number of hydrogen-bond donors (Lipinski definition) is 2. The van der Waals surface area contributed by atoms with Crippen LogP contribution in [0.25, 0.3) is 11.1 Å². The molecule has 2 fully saturated rings. The van der Waals surface area contributed by atoms with Crippen molar-refractivity contribution in [3.05, 3.63) is 70.1 Å². The van der Waals surface area contributed by atoms with Crippen molar-refractivity contribution in [2.45, 2.75) is 51.8 Å². The van der Waals surface area contributed by atoms with Crippen molar-refractivity contribution in [2.24, 2.45) is 5.92 Å². The highest BCUT2D eigenvalue weighted by Crippen LogP contribution is 2.33. The molecule has 1 aromatic carbocycles. The van der Waals surface area contributed by atoms with E-state index in [-0.39, 0.29) is 12.1 Å². The molecular formula is C34H42Cl2N6O5. The number of piperazine rings is 1. The summed E-state index contributed by atoms with van der Waals surface area (Å²) in [6.07, 6.45) is 4.61. The number of methoxy groups -OCH3 is 1. The van der Waals surface area contributed by atoms with Crippen LogP contribution in [-0.4, -0.2) is 83.9 Å². The maximum atomic E-state index is 12.7. The molecule has 13 heteroatoms. The van der Waals surface area contributed by atoms with Gasteiger partial charge in [0, 0.05) is 72.4 Å². The van der Waals surface area contributed by atoms with Gasteiger partial charge in [0.1, 0.15) is 11.4 Å². The topological polar surface area (TPSA) is 118 Å². The van der Waals surface area contributed by atoms with E-state index in [0.29, 0.717) is 60.3 Å². The van der Waals surface area contributed by atoms with Crippen LogP contribution in [0.5, 0.6) is 11.6 Å². The second-order valence-electron chi connectivity index (χ2n) is 12.9. The number of alkyl carbamates (subject to hydrolysis) is 1. The van der Waals surface area contributed by atoms with Gasteiger partial charge in [-0.15, -0.1) is 0 Å². The second-order valence-corrected chi connectivity index (χ2v) is 13.8. The van der Waals surface area contributed by atoms with Gasteiger partial charge in [-0.3, -0.25) is 9.88 Å². The number of carbonyl (C=O) groups excluding carboxylic acids is 2. The molecule has 2 amide bonds. The smallest absolute Gasteiger partial charge is 0.410 e. The highest BCUT2D eigenvalue weighted by molar-refractivity contribution is 6.35. The Morgan fingerprint density at radius 2 is 1.77 bits per heavy atom. The molecule has 2 N–H and O–H groups in total. The zero-order valence-electron chi connectivity index (χ0n) is 27.2. The van der Waals surface area contributed by atoms with E-state index in [1.807, 2.05) is 39.0 Å². The van der Waals surface area contributed by atoms with Crippen molar-refractivity contribution in [3.63, 3.8) is 0 Å². The third kappa shape index (κ3) is 9.93. The molecule has 0 radical (unpaired) electrons. The highest BCUT2D eigenvalue weighted by atomic mass is 35.5. The number of hydrogen-bond acceptors (Lipinski definition) is 9. The third-order valence-corrected chi connectivity index (χ3v) is 8.53. The molecule has 11 nitrogen and oxygen atoms in total. The predicted molar refractivity (Wildman–Crippen MR) is 181 cm³/mol. The second kappa shape index (κ2) is 15.5. The van der Waals surface area contributed by atoms with Gasteiger partial charge in [0.05, 0.1) is 18.8 Å². The molecule has 2 aliphatic heterocycles. The van der Waals surface area contributed by atoms with Crippen LogP contribution in [0.4, 0.5) is 9.59 Å². The molecule has 4 heterocycles. The molecule has 252 valence electrons. The van der Waals surface area contributed by atoms with Crippen LogP contribution in [0.2, 0.25) is 10.0 Å². The summed E-state index contributed by atoms with van der Waals surface area (Å²) in [7, 11) is 1.37. The number of nitrogens with one attached hydrogen (secondary N) is 2. The van der Waals surface area contributed by atoms with Crippen LogP contribution < -0.4 is 15.4 Å². The Bertz CT molecular complexity index is 1540. The molecule has 0 saturated carbocycles. The quantitative estimate of drug-likeness (QED) is 0.267. The lowest BCUT2D eigenvalue weighted by Crippen LogP contribution is -2.49. The van der Waals surface area contributed by atoms with Crippen LogP contribution in [0.3, 0.4) is 0 Å². The molecule has 47 heavy (non-hydrogen) atoms. The van der Waals surface area contributed by atoms with Gasteiger partial charge in [0.15, 0.2) is 0 Å². The first kappa shape index (κ1) is 34.7. The minimum atomic E-state index is -0.569. The number of carbonyl (C=O) groups is 2. The van der Waals surface area contributed by atoms with Crippen LogP contribution in [0, 0.1) is 5.92 Å². The summed E-state index contributed by atoms with van der Waals surface area (Å²) in [6.45, 7) is 10.1. The van der Waals surface area contributed by atoms with Crippen LogP contribution >= 0.6 is 23.2 Å². The molecule has 0 aliphatic carbocycles. The summed E-state index contributed by atoms with van der Waals surface area (Å²) in [5.41, 5.74) is 2.83. The SMILES string of the molecule is COC(=O)NCC1CCN(Cc2cc(-c3cc(Cl)cc(Cl)c3)cnc2Oc2ccnc(C3CN(C(=O)OC(C)(C)C)CCN3)c2)CC1. The van der Waals surface area contributed by atoms with Crippen LogP contribution in [-0.2, 0) is 16.0 Å². The molecule has 0 bridgehead atoms. The Morgan fingerprint density at radius 1 is 1.02 bits per heavy atom. The van der Waals surface area contributed by atoms with Crippen molar-refractivity contribution in [1.82, 2.24) is 30.4 Å². The summed E-state index contributed by atoms with van der Waals surface area (Å²) < 4.78 is 16.7. The molecule has 3 aromatic rings. The summed E-state index contributed by atoms with van der Waals surface area (Å²) in [5, 5.41) is 7.36. The van der Waals surface area contributed by atoms with E-state index < -0.39 is 11.7 Å². The lowest BCUT2D eigenvalue weighted by Gasteiger charge is -2.34. The minimum absolute atomic E-state index is 0.183. The van der Waals surface area contributed by atoms with Crippen LogP contribution in [0.1, 0.15) is 50.9 Å². The summed E-state index contributed by atoms with van der Waals surface area (Å²) in [4.78, 5) is 37.7. The maximum Gasteiger partial charge on any atom is 0.410 e. The van der Waals surface area contributed by atoms with Gasteiger partial charge in [-0.2, -0.15) is 0 Å². The Hall–Kier alpha value is -3.64. The lowest BCUT2D eigenvalue weighted by molar-refractivity contribution is 0.0193. The fraction of sp³-hybridized carbons (Fsp3) is 0.471. The Kier molecular flexibility index (Phi) is 11.4. The molecule has 1 unspecified atom stereocenters. The molecule has 2 aliphatic rings. The number of likely N-dealkylation sites (tertiary alicyclic amines) is 1. The van der Waals surface area contributed by atoms with Gasteiger partial charge in [-0.1, -0.05) is 23.2 Å². The largest absolute Gasteiger partial charge is 0.453 e. The van der Waals surface area contributed by atoms with Gasteiger partial charge in [-0.05, 0) is 88.5 Å². The molecule has 5 rings (SSSR count). The summed E-state index contributed by atoms with van der Waals surface area (Å²) >= 11 is 12.6. The van der Waals surface area contributed by atoms with Crippen molar-refractivity contribution in [3.8, 4) is 22.8 Å². The van der Waals surface area contributed by atoms with Gasteiger partial charge < -0.3 is 29.7 Å². The van der Waals surface area contributed by atoms with Crippen molar-refractivity contribution < 1.29 is 23.8 Å². The first-order valence-electron chi connectivity index (χ1n) is 15.8. The standard InChI is InChI=1S/C34H42Cl2N6O5/c1-34(2,3)47-33(44)42-12-9-38-30(21-42)29-17-28(5-8-37-29)46-31-25(13-24(19-39-31)23-14-26(35)16-27(36)15-23)20-41-10-6-22(7-11-41)18-40-32(43)45-4/h5,8,13-17,19,22,30,38H,6-7,9-12,18,20-21H2,1-4H3,(H,40,43). The number of piperidine rings is 1. The molecule has 2 saturated heterocycles. The van der Waals surface area contributed by atoms with E-state index in [1.54, 1.807) is 29.4 Å². The molecular weight excluding hydrogens is 643 g/mol. The maximum absolute atomic E-state index is 12.7. The predicted octanol–water partition coefficient (Wildman–Crippen LogP) is 6.69. The van der Waals surface area contributed by atoms with E-state index in [2.05, 4.69) is 26.6 Å². The minimum Gasteiger partial charge on any atom is -0.453 e. The first-order chi connectivity index (χ1) is 22.5. The number of rotatable bonds is 8. The number of aromatic nitrogens is 2. The van der Waals surface area contributed by atoms with Gasteiger partial charge in [0.25, 0.3) is 0 Å². The van der Waals surface area contributed by atoms with Gasteiger partial charge in [0.2, 0.25) is 5.88 Å². The Morgan fingerprint density at radius 3 is 2.47 bits per heavy atom. The zero-order valence-corrected chi connectivity index (χ0v) is 28.7. The van der Waals surface area contributed by atoms with E-state index in [0.717, 1.165) is 48.3 Å². The summed E-state index contributed by atoms with van der Waals surface area (Å²) in [5.74, 6) is 1.46. The number of halogens is 2. The molecule has 0 spiro atoms. The normalized spacial score (nSPS) is 17.7. The fourth-order valence-corrected chi connectivity index (χ4v) is 6.23. The average molecular weight is 686 g/mol. The summed E-state index contributed by atoms with van der Waals surface area (Å²) in [6, 6.07) is 11.0. The van der Waals surface area contributed by atoms with Gasteiger partial charge in [-0.25, -0.2) is 14.6 Å². The molecule has 2 aromatic heterocycles. The van der Waals surface area contributed by atoms with Crippen molar-refractivity contribution >= 4 is 35.4 Å². The molecule has 1 atom stereocenters. The Balaban J connectivity index is 1.33. The Labute approximate surface area is 285 Å². The first-order valence-corrected chi connectivity index (χ1v) is 16.6. The lowest BCUT2D eigenvalue weighted by atomic mass is 9.96. The van der Waals surface area contributed by atoms with E-state index >= 15 is 0 Å². The van der Waals surface area contributed by atoms with E-state index in [9.17, 15) is 9.59 Å². The number of pyridine rings is 2. The van der Waals surface area contributed by atoms with Crippen molar-refractivity contribution in [2.75, 3.05) is 46.4 Å². The van der Waals surface area contributed by atoms with E-state index in [4.69, 9.17) is 42.4 Å². The third-order valence-electron chi connectivity index (χ3n) is 8.09. The number of amides is 2. The number of nitrogens with zero attached hydrogens (tertiary/aromatic N) is 4. The van der Waals surface area contributed by atoms with Gasteiger partial charge >= 0.3 is 12.2 Å². The van der Waals surface area contributed by atoms with Crippen molar-refractivity contribution in [1.29, 1.82) is 0 Å².